The van der Waals surface area contributed by atoms with Crippen LogP contribution < -0.4 is 10.5 Å². The molecular formula is C13H17ClN4O. The SMILES string of the molecule is CCCn1nnc(CN)c1COc1ccc(Cl)cc1. The summed E-state index contributed by atoms with van der Waals surface area (Å²) in [4.78, 5) is 0. The Kier molecular flexibility index (Phi) is 4.76. The lowest BCUT2D eigenvalue weighted by atomic mass is 10.3. The number of hydrogen-bond donors (Lipinski definition) is 1. The maximum Gasteiger partial charge on any atom is 0.132 e. The molecule has 0 saturated heterocycles. The van der Waals surface area contributed by atoms with Gasteiger partial charge in [-0.2, -0.15) is 0 Å². The zero-order chi connectivity index (χ0) is 13.7. The van der Waals surface area contributed by atoms with Crippen molar-refractivity contribution >= 4 is 11.6 Å². The number of ether oxygens (including phenoxy) is 1. The van der Waals surface area contributed by atoms with Crippen molar-refractivity contribution in [2.24, 2.45) is 5.73 Å². The van der Waals surface area contributed by atoms with Gasteiger partial charge in [-0.15, -0.1) is 5.10 Å². The molecule has 0 aliphatic heterocycles. The van der Waals surface area contributed by atoms with Crippen LogP contribution in [0.4, 0.5) is 0 Å². The summed E-state index contributed by atoms with van der Waals surface area (Å²) in [5.74, 6) is 0.761. The number of rotatable bonds is 6. The quantitative estimate of drug-likeness (QED) is 0.882. The molecule has 0 aliphatic carbocycles. The number of hydrogen-bond acceptors (Lipinski definition) is 4. The minimum Gasteiger partial charge on any atom is -0.487 e. The molecule has 2 N–H and O–H groups in total. The van der Waals surface area contributed by atoms with Gasteiger partial charge in [0, 0.05) is 18.1 Å². The zero-order valence-corrected chi connectivity index (χ0v) is 11.6. The number of halogens is 1. The van der Waals surface area contributed by atoms with Gasteiger partial charge >= 0.3 is 0 Å². The fourth-order valence-corrected chi connectivity index (χ4v) is 1.89. The highest BCUT2D eigenvalue weighted by Gasteiger charge is 2.11. The van der Waals surface area contributed by atoms with E-state index in [4.69, 9.17) is 22.1 Å². The van der Waals surface area contributed by atoms with E-state index in [0.29, 0.717) is 18.2 Å². The van der Waals surface area contributed by atoms with Gasteiger partial charge < -0.3 is 10.5 Å². The minimum absolute atomic E-state index is 0.364. The Morgan fingerprint density at radius 2 is 2.05 bits per heavy atom. The standard InChI is InChI=1S/C13H17ClN4O/c1-2-7-18-13(12(8-15)16-17-18)9-19-11-5-3-10(14)4-6-11/h3-6H,2,7-9,15H2,1H3. The van der Waals surface area contributed by atoms with Crippen molar-refractivity contribution in [3.8, 4) is 5.75 Å². The number of nitrogens with two attached hydrogens (primary N) is 1. The van der Waals surface area contributed by atoms with Crippen molar-refractivity contribution in [2.75, 3.05) is 0 Å². The molecule has 0 aliphatic rings. The Hall–Kier alpha value is -1.59. The van der Waals surface area contributed by atoms with Crippen molar-refractivity contribution in [1.82, 2.24) is 15.0 Å². The second kappa shape index (κ2) is 6.54. The van der Waals surface area contributed by atoms with E-state index in [9.17, 15) is 0 Å². The predicted octanol–water partition coefficient (Wildman–Crippen LogP) is 2.38. The molecule has 0 fully saturated rings. The summed E-state index contributed by atoms with van der Waals surface area (Å²) in [5, 5.41) is 8.84. The van der Waals surface area contributed by atoms with Gasteiger partial charge in [-0.1, -0.05) is 23.7 Å². The van der Waals surface area contributed by atoms with E-state index in [1.54, 1.807) is 12.1 Å². The molecule has 0 amide bonds. The normalized spacial score (nSPS) is 10.7. The molecular weight excluding hydrogens is 264 g/mol. The smallest absolute Gasteiger partial charge is 0.132 e. The summed E-state index contributed by atoms with van der Waals surface area (Å²) in [5.41, 5.74) is 7.37. The Morgan fingerprint density at radius 3 is 2.68 bits per heavy atom. The highest BCUT2D eigenvalue weighted by atomic mass is 35.5. The van der Waals surface area contributed by atoms with Crippen molar-refractivity contribution in [1.29, 1.82) is 0 Å². The maximum absolute atomic E-state index is 5.83. The van der Waals surface area contributed by atoms with E-state index in [1.807, 2.05) is 16.8 Å². The topological polar surface area (TPSA) is 66.0 Å². The number of aromatic nitrogens is 3. The first-order chi connectivity index (χ1) is 9.24. The molecule has 0 radical (unpaired) electrons. The van der Waals surface area contributed by atoms with E-state index in [1.165, 1.54) is 0 Å². The molecule has 19 heavy (non-hydrogen) atoms. The molecule has 0 unspecified atom stereocenters. The zero-order valence-electron chi connectivity index (χ0n) is 10.8. The van der Waals surface area contributed by atoms with Crippen LogP contribution in [0.15, 0.2) is 24.3 Å². The van der Waals surface area contributed by atoms with E-state index in [0.717, 1.165) is 30.1 Å². The van der Waals surface area contributed by atoms with Crippen LogP contribution in [-0.2, 0) is 19.7 Å². The second-order valence-corrected chi connectivity index (χ2v) is 4.59. The highest BCUT2D eigenvalue weighted by Crippen LogP contribution is 2.17. The first kappa shape index (κ1) is 13.8. The predicted molar refractivity (Wildman–Crippen MR) is 74.0 cm³/mol. The summed E-state index contributed by atoms with van der Waals surface area (Å²) in [6, 6.07) is 7.25. The van der Waals surface area contributed by atoms with E-state index >= 15 is 0 Å². The van der Waals surface area contributed by atoms with Crippen LogP contribution in [0.25, 0.3) is 0 Å². The largest absolute Gasteiger partial charge is 0.487 e. The monoisotopic (exact) mass is 280 g/mol. The van der Waals surface area contributed by atoms with Crippen LogP contribution in [0, 0.1) is 0 Å². The van der Waals surface area contributed by atoms with Gasteiger partial charge in [0.15, 0.2) is 0 Å². The van der Waals surface area contributed by atoms with E-state index in [-0.39, 0.29) is 0 Å². The fraction of sp³-hybridized carbons (Fsp3) is 0.385. The molecule has 1 heterocycles. The van der Waals surface area contributed by atoms with Crippen molar-refractivity contribution in [3.05, 3.63) is 40.7 Å². The number of aryl methyl sites for hydroxylation is 1. The van der Waals surface area contributed by atoms with Gasteiger partial charge in [0.05, 0.1) is 0 Å². The fourth-order valence-electron chi connectivity index (χ4n) is 1.76. The molecule has 0 spiro atoms. The third kappa shape index (κ3) is 3.45. The van der Waals surface area contributed by atoms with Crippen molar-refractivity contribution in [2.45, 2.75) is 33.0 Å². The van der Waals surface area contributed by atoms with Crippen molar-refractivity contribution in [3.63, 3.8) is 0 Å². The first-order valence-electron chi connectivity index (χ1n) is 6.24. The molecule has 102 valence electrons. The highest BCUT2D eigenvalue weighted by molar-refractivity contribution is 6.30. The lowest BCUT2D eigenvalue weighted by molar-refractivity contribution is 0.290. The van der Waals surface area contributed by atoms with Crippen LogP contribution in [-0.4, -0.2) is 15.0 Å². The van der Waals surface area contributed by atoms with Gasteiger partial charge in [-0.3, -0.25) is 0 Å². The molecule has 0 bridgehead atoms. The molecule has 2 aromatic rings. The average Bonchev–Trinajstić information content (AvgIpc) is 2.81. The van der Waals surface area contributed by atoms with Gasteiger partial charge in [-0.25, -0.2) is 4.68 Å². The molecule has 1 aromatic carbocycles. The van der Waals surface area contributed by atoms with Gasteiger partial charge in [0.1, 0.15) is 23.7 Å². The van der Waals surface area contributed by atoms with Crippen LogP contribution in [0.1, 0.15) is 24.7 Å². The van der Waals surface area contributed by atoms with Gasteiger partial charge in [-0.05, 0) is 30.7 Å². The Balaban J connectivity index is 2.09. The Morgan fingerprint density at radius 1 is 1.32 bits per heavy atom. The summed E-state index contributed by atoms with van der Waals surface area (Å²) >= 11 is 5.83. The van der Waals surface area contributed by atoms with Gasteiger partial charge in [0.2, 0.25) is 0 Å². The number of nitrogens with zero attached hydrogens (tertiary/aromatic N) is 3. The summed E-state index contributed by atoms with van der Waals surface area (Å²) < 4.78 is 7.57. The van der Waals surface area contributed by atoms with Crippen LogP contribution in [0.3, 0.4) is 0 Å². The minimum atomic E-state index is 0.364. The van der Waals surface area contributed by atoms with E-state index in [2.05, 4.69) is 17.2 Å². The van der Waals surface area contributed by atoms with E-state index < -0.39 is 0 Å². The lowest BCUT2D eigenvalue weighted by Crippen LogP contribution is -2.10. The summed E-state index contributed by atoms with van der Waals surface area (Å²) in [6.07, 6.45) is 0.987. The van der Waals surface area contributed by atoms with Crippen LogP contribution in [0.2, 0.25) is 5.02 Å². The lowest BCUT2D eigenvalue weighted by Gasteiger charge is -2.09. The Bertz CT molecular complexity index is 524. The second-order valence-electron chi connectivity index (χ2n) is 4.15. The van der Waals surface area contributed by atoms with Crippen LogP contribution in [0.5, 0.6) is 5.75 Å². The summed E-state index contributed by atoms with van der Waals surface area (Å²) in [6.45, 7) is 3.67. The summed E-state index contributed by atoms with van der Waals surface area (Å²) in [7, 11) is 0. The molecule has 0 saturated carbocycles. The Labute approximate surface area is 117 Å². The number of benzene rings is 1. The van der Waals surface area contributed by atoms with Crippen LogP contribution >= 0.6 is 11.6 Å². The molecule has 5 nitrogen and oxygen atoms in total. The third-order valence-electron chi connectivity index (χ3n) is 2.74. The maximum atomic E-state index is 5.83. The molecule has 0 atom stereocenters. The third-order valence-corrected chi connectivity index (χ3v) is 2.99. The first-order valence-corrected chi connectivity index (χ1v) is 6.62. The molecule has 1 aromatic heterocycles. The molecule has 6 heteroatoms. The average molecular weight is 281 g/mol. The molecule has 2 rings (SSSR count). The van der Waals surface area contributed by atoms with Crippen molar-refractivity contribution < 1.29 is 4.74 Å². The van der Waals surface area contributed by atoms with Gasteiger partial charge in [0.25, 0.3) is 0 Å².